The molecule has 0 aromatic carbocycles. The Bertz CT molecular complexity index is 921. The normalized spacial score (nSPS) is 18.5. The van der Waals surface area contributed by atoms with Gasteiger partial charge in [-0.3, -0.25) is 9.59 Å². The molecule has 0 aromatic rings. The third kappa shape index (κ3) is 17.1. The molecular formula is C23H39ClIN4O13-. The van der Waals surface area contributed by atoms with E-state index in [1.54, 1.807) is 0 Å². The molecular weight excluding hydrogens is 703 g/mol. The first-order valence-electron chi connectivity index (χ1n) is 12.5. The van der Waals surface area contributed by atoms with Gasteiger partial charge in [0.05, 0.1) is 7.11 Å². The fourth-order valence-corrected chi connectivity index (χ4v) is 5.15. The number of carbonyl (C=O) groups is 7. The van der Waals surface area contributed by atoms with Crippen LogP contribution in [0.2, 0.25) is 0 Å². The first-order chi connectivity index (χ1) is 19.2. The van der Waals surface area contributed by atoms with Gasteiger partial charge in [-0.05, 0) is 38.6 Å². The summed E-state index contributed by atoms with van der Waals surface area (Å²) in [6, 6.07) is -3.15. The van der Waals surface area contributed by atoms with Crippen molar-refractivity contribution < 1.29 is 85.3 Å². The van der Waals surface area contributed by atoms with Crippen LogP contribution < -0.4 is 36.1 Å². The van der Waals surface area contributed by atoms with E-state index in [0.29, 0.717) is 17.3 Å². The average molecular weight is 742 g/mol. The van der Waals surface area contributed by atoms with Crippen LogP contribution in [0.15, 0.2) is 0 Å². The molecule has 42 heavy (non-hydrogen) atoms. The summed E-state index contributed by atoms with van der Waals surface area (Å²) in [5.41, 5.74) is 0. The summed E-state index contributed by atoms with van der Waals surface area (Å²) in [4.78, 5) is 76.5. The van der Waals surface area contributed by atoms with E-state index < -0.39 is 81.8 Å². The first kappa shape index (κ1) is 41.2. The van der Waals surface area contributed by atoms with Crippen LogP contribution in [-0.4, -0.2) is 115 Å². The van der Waals surface area contributed by atoms with Crippen LogP contribution in [0, 0.1) is 5.92 Å². The Hall–Kier alpha value is -2.97. The predicted molar refractivity (Wildman–Crippen MR) is 142 cm³/mol. The van der Waals surface area contributed by atoms with Gasteiger partial charge in [0.15, 0.2) is 0 Å². The number of alkyl halides is 1. The summed E-state index contributed by atoms with van der Waals surface area (Å²) in [6.45, 7) is 1.17. The van der Waals surface area contributed by atoms with Gasteiger partial charge in [-0.15, -0.1) is 12.4 Å². The standard InChI is InChI=1S/C11H16N2O7.C6H11INO4.C6H11NO2.ClH/c14-8(15)4-3-6(9(16)17)12-11(20)13-5-1-2-7(13)10(18)19;8-7-3-4(6(11)12)1-2-5(9)10;1-9-6(8)5-3-2-4-7-5;/h6-7H,1-5H2,(H,12,20)(H,14,15)(H,16,17)(H,18,19);4H,1-3,8H2,(H,9,10)(H,11,12);5,7H,2-4H2,1H3;1H/q;-1;;/t6-,7-;4-;5-;/m010./s1. The number of amides is 2. The number of nitrogens with zero attached hydrogens (tertiary/aromatic N) is 1. The molecule has 2 aliphatic rings. The van der Waals surface area contributed by atoms with Crippen LogP contribution in [0.4, 0.5) is 4.79 Å². The fourth-order valence-electron chi connectivity index (χ4n) is 3.72. The Morgan fingerprint density at radius 2 is 1.55 bits per heavy atom. The SMILES string of the molecule is COC(=O)[C@@H]1CCCN1.Cl.N[I-]C[C@@H](CCC(=O)O)C(=O)O.O=C(O)CC[C@H](NC(=O)N1CCC[C@H]1C(=O)O)C(=O)O. The number of nitrogens with two attached hydrogens (primary N) is 1. The maximum Gasteiger partial charge on any atom is 0.326 e. The van der Waals surface area contributed by atoms with Crippen LogP contribution in [0.1, 0.15) is 51.4 Å². The van der Waals surface area contributed by atoms with E-state index >= 15 is 0 Å². The number of urea groups is 1. The smallest absolute Gasteiger partial charge is 0.326 e. The molecule has 0 saturated carbocycles. The monoisotopic (exact) mass is 741 g/mol. The van der Waals surface area contributed by atoms with Gasteiger partial charge in [0.2, 0.25) is 0 Å². The van der Waals surface area contributed by atoms with Crippen molar-refractivity contribution in [3.05, 3.63) is 0 Å². The number of carboxylic acid groups (broad SMARTS) is 5. The number of ether oxygens (including phenoxy) is 1. The van der Waals surface area contributed by atoms with Gasteiger partial charge in [-0.1, -0.05) is 0 Å². The van der Waals surface area contributed by atoms with Crippen molar-refractivity contribution >= 4 is 54.3 Å². The van der Waals surface area contributed by atoms with E-state index in [2.05, 4.69) is 15.4 Å². The zero-order valence-electron chi connectivity index (χ0n) is 22.9. The Balaban J connectivity index is 0. The Labute approximate surface area is 258 Å². The molecule has 0 aliphatic carbocycles. The van der Waals surface area contributed by atoms with E-state index in [9.17, 15) is 33.6 Å². The minimum atomic E-state index is -1.36. The van der Waals surface area contributed by atoms with Gasteiger partial charge in [0.25, 0.3) is 0 Å². The number of carboxylic acids is 5. The van der Waals surface area contributed by atoms with E-state index in [1.807, 2.05) is 0 Å². The molecule has 2 fully saturated rings. The minimum Gasteiger partial charge on any atom is -0.481 e. The van der Waals surface area contributed by atoms with Gasteiger partial charge >= 0.3 is 110 Å². The molecule has 2 heterocycles. The van der Waals surface area contributed by atoms with Crippen molar-refractivity contribution in [2.75, 3.05) is 24.6 Å². The molecule has 2 amide bonds. The molecule has 17 nitrogen and oxygen atoms in total. The second-order valence-electron chi connectivity index (χ2n) is 8.91. The van der Waals surface area contributed by atoms with Gasteiger partial charge in [0, 0.05) is 13.0 Å². The number of esters is 1. The molecule has 0 radical (unpaired) electrons. The Morgan fingerprint density at radius 3 is 1.98 bits per heavy atom. The van der Waals surface area contributed by atoms with E-state index in [0.717, 1.165) is 24.3 Å². The van der Waals surface area contributed by atoms with Crippen molar-refractivity contribution in [3.63, 3.8) is 0 Å². The quantitative estimate of drug-likeness (QED) is 0.0392. The Kier molecular flexibility index (Phi) is 22.2. The summed E-state index contributed by atoms with van der Waals surface area (Å²) in [5.74, 6) is -6.28. The number of likely N-dealkylation sites (tertiary alicyclic amines) is 1. The predicted octanol–water partition coefficient (Wildman–Crippen LogP) is -3.59. The van der Waals surface area contributed by atoms with Crippen LogP contribution >= 0.6 is 12.4 Å². The minimum absolute atomic E-state index is 0. The van der Waals surface area contributed by atoms with Crippen molar-refractivity contribution in [1.82, 2.24) is 15.5 Å². The molecule has 0 spiro atoms. The van der Waals surface area contributed by atoms with Crippen LogP contribution in [0.5, 0.6) is 0 Å². The number of hydrogen-bond acceptors (Lipinski definition) is 10. The van der Waals surface area contributed by atoms with E-state index in [1.165, 1.54) is 7.11 Å². The molecule has 0 unspecified atom stereocenters. The summed E-state index contributed by atoms with van der Waals surface area (Å²) >= 11 is -0.572. The van der Waals surface area contributed by atoms with Gasteiger partial charge in [0.1, 0.15) is 18.1 Å². The largest absolute Gasteiger partial charge is 0.481 e. The van der Waals surface area contributed by atoms with Gasteiger partial charge in [-0.2, -0.15) is 0 Å². The molecule has 19 heteroatoms. The number of aliphatic carboxylic acids is 5. The zero-order chi connectivity index (χ0) is 31.5. The number of carbonyl (C=O) groups excluding carboxylic acids is 2. The summed E-state index contributed by atoms with van der Waals surface area (Å²) < 4.78 is 10.3. The molecule has 0 aromatic heterocycles. The zero-order valence-corrected chi connectivity index (χ0v) is 25.9. The van der Waals surface area contributed by atoms with Crippen molar-refractivity contribution in [2.24, 2.45) is 9.86 Å². The molecule has 244 valence electrons. The molecule has 2 rings (SSSR count). The molecule has 4 atom stereocenters. The fraction of sp³-hybridized carbons (Fsp3) is 0.696. The first-order valence-corrected chi connectivity index (χ1v) is 15.3. The maximum absolute atomic E-state index is 11.9. The third-order valence-corrected chi connectivity index (χ3v) is 7.49. The van der Waals surface area contributed by atoms with Crippen molar-refractivity contribution in [3.8, 4) is 0 Å². The summed E-state index contributed by atoms with van der Waals surface area (Å²) in [6.07, 6.45) is 2.27. The number of methoxy groups -OCH3 is 1. The second-order valence-corrected chi connectivity index (χ2v) is 10.7. The second kappa shape index (κ2) is 22.6. The molecule has 2 saturated heterocycles. The van der Waals surface area contributed by atoms with Crippen LogP contribution in [0.3, 0.4) is 0 Å². The average Bonchev–Trinajstić information content (AvgIpc) is 3.61. The van der Waals surface area contributed by atoms with Crippen molar-refractivity contribution in [1.29, 1.82) is 0 Å². The van der Waals surface area contributed by atoms with Crippen LogP contribution in [-0.2, 0) is 33.5 Å². The van der Waals surface area contributed by atoms with E-state index in [4.69, 9.17) is 29.5 Å². The molecule has 0 bridgehead atoms. The molecule has 2 aliphatic heterocycles. The van der Waals surface area contributed by atoms with Crippen LogP contribution in [0.25, 0.3) is 0 Å². The van der Waals surface area contributed by atoms with Gasteiger partial charge in [-0.25, -0.2) is 14.4 Å². The topological polar surface area (TPSA) is 283 Å². The number of nitrogens with one attached hydrogen (secondary N) is 2. The maximum atomic E-state index is 11.9. The summed E-state index contributed by atoms with van der Waals surface area (Å²) in [7, 11) is 1.42. The Morgan fingerprint density at radius 1 is 0.952 bits per heavy atom. The third-order valence-electron chi connectivity index (χ3n) is 5.92. The number of hydrogen-bond donors (Lipinski definition) is 8. The number of rotatable bonds is 13. The van der Waals surface area contributed by atoms with Gasteiger partial charge < -0.3 is 35.6 Å². The molecule has 9 N–H and O–H groups in total. The van der Waals surface area contributed by atoms with Crippen molar-refractivity contribution in [2.45, 2.75) is 69.5 Å². The van der Waals surface area contributed by atoms with E-state index in [-0.39, 0.29) is 50.2 Å². The number of halogens is 2. The summed E-state index contributed by atoms with van der Waals surface area (Å²) in [5, 5.41) is 48.4.